The van der Waals surface area contributed by atoms with Crippen LogP contribution < -0.4 is 15.4 Å². The van der Waals surface area contributed by atoms with Gasteiger partial charge in [-0.15, -0.1) is 11.3 Å². The highest BCUT2D eigenvalue weighted by Gasteiger charge is 2.14. The average Bonchev–Trinajstić information content (AvgIpc) is 2.90. The van der Waals surface area contributed by atoms with Crippen molar-refractivity contribution in [2.24, 2.45) is 0 Å². The summed E-state index contributed by atoms with van der Waals surface area (Å²) in [6.45, 7) is 3.26. The van der Waals surface area contributed by atoms with Gasteiger partial charge in [-0.05, 0) is 30.7 Å². The summed E-state index contributed by atoms with van der Waals surface area (Å²) in [5.41, 5.74) is 1.38. The lowest BCUT2D eigenvalue weighted by atomic mass is 10.2. The highest BCUT2D eigenvalue weighted by Crippen LogP contribution is 2.32. The number of amides is 2. The summed E-state index contributed by atoms with van der Waals surface area (Å²) in [4.78, 5) is 23.8. The van der Waals surface area contributed by atoms with E-state index in [0.717, 1.165) is 5.56 Å². The molecule has 5 nitrogen and oxygen atoms in total. The predicted octanol–water partition coefficient (Wildman–Crippen LogP) is 3.93. The van der Waals surface area contributed by atoms with E-state index in [1.54, 1.807) is 24.3 Å². The van der Waals surface area contributed by atoms with Crippen LogP contribution in [0.4, 0.5) is 10.7 Å². The lowest BCUT2D eigenvalue weighted by Crippen LogP contribution is -2.11. The Balaban J connectivity index is 2.20. The highest BCUT2D eigenvalue weighted by molar-refractivity contribution is 7.18. The lowest BCUT2D eigenvalue weighted by molar-refractivity contribution is -0.114. The minimum absolute atomic E-state index is 0.177. The van der Waals surface area contributed by atoms with Gasteiger partial charge in [-0.25, -0.2) is 0 Å². The van der Waals surface area contributed by atoms with E-state index in [4.69, 9.17) is 16.3 Å². The van der Waals surface area contributed by atoms with Crippen molar-refractivity contribution >= 4 is 45.4 Å². The number of halogens is 1. The molecule has 0 bridgehead atoms. The average molecular weight is 339 g/mol. The number of benzene rings is 1. The molecule has 2 N–H and O–H groups in total. The van der Waals surface area contributed by atoms with Gasteiger partial charge < -0.3 is 15.4 Å². The monoisotopic (exact) mass is 338 g/mol. The third-order valence-corrected chi connectivity index (χ3v) is 4.26. The number of anilines is 2. The molecule has 1 aromatic heterocycles. The SMILES string of the molecule is COc1cc(Cl)c(C)cc1NC(=O)c1ccc(NC(C)=O)s1. The molecule has 0 aliphatic carbocycles. The van der Waals surface area contributed by atoms with Crippen LogP contribution in [0.5, 0.6) is 5.75 Å². The maximum absolute atomic E-state index is 12.3. The van der Waals surface area contributed by atoms with E-state index in [2.05, 4.69) is 10.6 Å². The van der Waals surface area contributed by atoms with Gasteiger partial charge in [0.05, 0.1) is 22.7 Å². The molecule has 2 amide bonds. The van der Waals surface area contributed by atoms with Gasteiger partial charge in [-0.2, -0.15) is 0 Å². The van der Waals surface area contributed by atoms with Gasteiger partial charge in [0.15, 0.2) is 0 Å². The van der Waals surface area contributed by atoms with Crippen LogP contribution in [0.1, 0.15) is 22.2 Å². The van der Waals surface area contributed by atoms with Gasteiger partial charge in [-0.1, -0.05) is 11.6 Å². The minimum Gasteiger partial charge on any atom is -0.495 e. The fourth-order valence-electron chi connectivity index (χ4n) is 1.81. The summed E-state index contributed by atoms with van der Waals surface area (Å²) in [6, 6.07) is 6.75. The van der Waals surface area contributed by atoms with Crippen molar-refractivity contribution in [2.75, 3.05) is 17.7 Å². The smallest absolute Gasteiger partial charge is 0.265 e. The second-order valence-corrected chi connectivity index (χ2v) is 6.09. The Morgan fingerprint density at radius 1 is 1.23 bits per heavy atom. The van der Waals surface area contributed by atoms with Crippen molar-refractivity contribution in [3.63, 3.8) is 0 Å². The zero-order valence-corrected chi connectivity index (χ0v) is 13.9. The van der Waals surface area contributed by atoms with Crippen LogP contribution in [-0.2, 0) is 4.79 Å². The quantitative estimate of drug-likeness (QED) is 0.887. The molecule has 22 heavy (non-hydrogen) atoms. The second kappa shape index (κ2) is 6.81. The maximum Gasteiger partial charge on any atom is 0.265 e. The number of rotatable bonds is 4. The number of nitrogens with one attached hydrogen (secondary N) is 2. The number of hydrogen-bond acceptors (Lipinski definition) is 4. The van der Waals surface area contributed by atoms with E-state index < -0.39 is 0 Å². The summed E-state index contributed by atoms with van der Waals surface area (Å²) in [5.74, 6) is 0.0352. The molecular formula is C15H15ClN2O3S. The van der Waals surface area contributed by atoms with Gasteiger partial charge in [-0.3, -0.25) is 9.59 Å². The van der Waals surface area contributed by atoms with Gasteiger partial charge in [0.25, 0.3) is 5.91 Å². The molecular weight excluding hydrogens is 324 g/mol. The van der Waals surface area contributed by atoms with Crippen molar-refractivity contribution in [1.82, 2.24) is 0 Å². The number of aryl methyl sites for hydroxylation is 1. The van der Waals surface area contributed by atoms with E-state index in [-0.39, 0.29) is 11.8 Å². The van der Waals surface area contributed by atoms with Crippen molar-refractivity contribution in [3.8, 4) is 5.75 Å². The zero-order valence-electron chi connectivity index (χ0n) is 12.3. The third-order valence-electron chi connectivity index (χ3n) is 2.86. The van der Waals surface area contributed by atoms with Crippen LogP contribution in [-0.4, -0.2) is 18.9 Å². The summed E-state index contributed by atoms with van der Waals surface area (Å²) < 4.78 is 5.22. The Morgan fingerprint density at radius 2 is 1.95 bits per heavy atom. The normalized spacial score (nSPS) is 10.2. The number of carbonyl (C=O) groups is 2. The maximum atomic E-state index is 12.3. The fraction of sp³-hybridized carbons (Fsp3) is 0.200. The standard InChI is InChI=1S/C15H15ClN2O3S/c1-8-6-11(12(21-3)7-10(8)16)18-15(20)13-4-5-14(22-13)17-9(2)19/h4-7H,1-3H3,(H,17,19)(H,18,20). The Kier molecular flexibility index (Phi) is 5.05. The predicted molar refractivity (Wildman–Crippen MR) is 89.3 cm³/mol. The molecule has 0 saturated heterocycles. The van der Waals surface area contributed by atoms with Crippen LogP contribution in [0.3, 0.4) is 0 Å². The molecule has 2 rings (SSSR count). The van der Waals surface area contributed by atoms with E-state index >= 15 is 0 Å². The van der Waals surface area contributed by atoms with Crippen molar-refractivity contribution < 1.29 is 14.3 Å². The van der Waals surface area contributed by atoms with E-state index in [0.29, 0.717) is 26.3 Å². The summed E-state index contributed by atoms with van der Waals surface area (Å²) in [6.07, 6.45) is 0. The van der Waals surface area contributed by atoms with Crippen molar-refractivity contribution in [1.29, 1.82) is 0 Å². The minimum atomic E-state index is -0.276. The zero-order chi connectivity index (χ0) is 16.3. The first kappa shape index (κ1) is 16.3. The Hall–Kier alpha value is -2.05. The molecule has 0 radical (unpaired) electrons. The number of carbonyl (C=O) groups excluding carboxylic acids is 2. The Labute approximate surface area is 137 Å². The van der Waals surface area contributed by atoms with E-state index in [1.165, 1.54) is 25.4 Å². The molecule has 7 heteroatoms. The lowest BCUT2D eigenvalue weighted by Gasteiger charge is -2.11. The molecule has 0 saturated carbocycles. The van der Waals surface area contributed by atoms with E-state index in [1.807, 2.05) is 6.92 Å². The van der Waals surface area contributed by atoms with Gasteiger partial charge in [0.2, 0.25) is 5.91 Å². The molecule has 2 aromatic rings. The number of thiophene rings is 1. The van der Waals surface area contributed by atoms with Crippen LogP contribution in [0.15, 0.2) is 24.3 Å². The van der Waals surface area contributed by atoms with Gasteiger partial charge in [0, 0.05) is 18.0 Å². The summed E-state index contributed by atoms with van der Waals surface area (Å²) >= 11 is 7.24. The highest BCUT2D eigenvalue weighted by atomic mass is 35.5. The fourth-order valence-corrected chi connectivity index (χ4v) is 2.82. The molecule has 1 aromatic carbocycles. The third kappa shape index (κ3) is 3.78. The summed E-state index contributed by atoms with van der Waals surface area (Å²) in [7, 11) is 1.51. The number of hydrogen-bond donors (Lipinski definition) is 2. The Bertz CT molecular complexity index is 728. The van der Waals surface area contributed by atoms with Gasteiger partial charge in [0.1, 0.15) is 5.75 Å². The molecule has 0 aliphatic heterocycles. The van der Waals surface area contributed by atoms with Crippen molar-refractivity contribution in [3.05, 3.63) is 39.7 Å². The van der Waals surface area contributed by atoms with Crippen LogP contribution in [0.25, 0.3) is 0 Å². The van der Waals surface area contributed by atoms with Crippen LogP contribution in [0, 0.1) is 6.92 Å². The molecule has 0 aliphatic rings. The molecule has 116 valence electrons. The van der Waals surface area contributed by atoms with Crippen molar-refractivity contribution in [2.45, 2.75) is 13.8 Å². The molecule has 0 fully saturated rings. The van der Waals surface area contributed by atoms with Crippen LogP contribution >= 0.6 is 22.9 Å². The first-order chi connectivity index (χ1) is 10.4. The largest absolute Gasteiger partial charge is 0.495 e. The number of ether oxygens (including phenoxy) is 1. The Morgan fingerprint density at radius 3 is 2.59 bits per heavy atom. The van der Waals surface area contributed by atoms with Crippen LogP contribution in [0.2, 0.25) is 5.02 Å². The molecule has 0 unspecified atom stereocenters. The molecule has 0 atom stereocenters. The van der Waals surface area contributed by atoms with E-state index in [9.17, 15) is 9.59 Å². The number of methoxy groups -OCH3 is 1. The van der Waals surface area contributed by atoms with Gasteiger partial charge >= 0.3 is 0 Å². The molecule has 1 heterocycles. The first-order valence-electron chi connectivity index (χ1n) is 6.43. The topological polar surface area (TPSA) is 67.4 Å². The summed E-state index contributed by atoms with van der Waals surface area (Å²) in [5, 5.41) is 6.62. The first-order valence-corrected chi connectivity index (χ1v) is 7.63. The second-order valence-electron chi connectivity index (χ2n) is 4.60. The molecule has 0 spiro atoms.